The highest BCUT2D eigenvalue weighted by atomic mass is 32.1. The van der Waals surface area contributed by atoms with Crippen molar-refractivity contribution < 1.29 is 0 Å². The predicted octanol–water partition coefficient (Wildman–Crippen LogP) is 5.06. The summed E-state index contributed by atoms with van der Waals surface area (Å²) in [6.07, 6.45) is 2.19. The number of para-hydroxylation sites is 1. The Hall–Kier alpha value is -2.39. The topological polar surface area (TPSA) is 17.8 Å². The van der Waals surface area contributed by atoms with Crippen LogP contribution in [0.25, 0.3) is 27.2 Å². The van der Waals surface area contributed by atoms with Gasteiger partial charge in [-0.2, -0.15) is 0 Å². The molecule has 0 bridgehead atoms. The third kappa shape index (κ3) is 2.06. The van der Waals surface area contributed by atoms with Gasteiger partial charge >= 0.3 is 0 Å². The fourth-order valence-electron chi connectivity index (χ4n) is 2.64. The van der Waals surface area contributed by atoms with Gasteiger partial charge in [-0.15, -0.1) is 11.3 Å². The van der Waals surface area contributed by atoms with Gasteiger partial charge in [0, 0.05) is 22.5 Å². The minimum Gasteiger partial charge on any atom is -0.292 e. The van der Waals surface area contributed by atoms with Crippen molar-refractivity contribution in [2.45, 2.75) is 6.92 Å². The van der Waals surface area contributed by atoms with E-state index < -0.39 is 0 Å². The van der Waals surface area contributed by atoms with E-state index in [-0.39, 0.29) is 0 Å². The van der Waals surface area contributed by atoms with Crippen LogP contribution in [0.15, 0.2) is 66.2 Å². The molecule has 0 amide bonds. The fourth-order valence-corrected chi connectivity index (χ4v) is 3.43. The maximum absolute atomic E-state index is 4.62. The molecule has 3 heteroatoms. The van der Waals surface area contributed by atoms with Gasteiger partial charge in [0.2, 0.25) is 0 Å². The SMILES string of the molecule is Cc1csc(-n2cc(-c3ccccc3)c3ccccc32)n1. The van der Waals surface area contributed by atoms with Crippen LogP contribution >= 0.6 is 11.3 Å². The lowest BCUT2D eigenvalue weighted by atomic mass is 10.1. The Balaban J connectivity index is 2.01. The Morgan fingerprint density at radius 3 is 2.48 bits per heavy atom. The molecule has 0 aliphatic heterocycles. The number of benzene rings is 2. The number of thiazole rings is 1. The number of fused-ring (bicyclic) bond motifs is 1. The van der Waals surface area contributed by atoms with Crippen LogP contribution in [0.1, 0.15) is 5.69 Å². The summed E-state index contributed by atoms with van der Waals surface area (Å²) in [6.45, 7) is 2.03. The quantitative estimate of drug-likeness (QED) is 0.504. The van der Waals surface area contributed by atoms with Crippen LogP contribution in [-0.4, -0.2) is 9.55 Å². The number of nitrogens with zero attached hydrogens (tertiary/aromatic N) is 2. The molecule has 4 aromatic rings. The summed E-state index contributed by atoms with van der Waals surface area (Å²) in [5, 5.41) is 4.37. The van der Waals surface area contributed by atoms with Crippen LogP contribution < -0.4 is 0 Å². The largest absolute Gasteiger partial charge is 0.292 e. The van der Waals surface area contributed by atoms with E-state index in [9.17, 15) is 0 Å². The predicted molar refractivity (Wildman–Crippen MR) is 89.1 cm³/mol. The van der Waals surface area contributed by atoms with Gasteiger partial charge in [0.25, 0.3) is 0 Å². The van der Waals surface area contributed by atoms with E-state index >= 15 is 0 Å². The number of aryl methyl sites for hydroxylation is 1. The average Bonchev–Trinajstić information content (AvgIpc) is 3.12. The van der Waals surface area contributed by atoms with Gasteiger partial charge in [-0.05, 0) is 18.6 Å². The maximum Gasteiger partial charge on any atom is 0.194 e. The third-order valence-electron chi connectivity index (χ3n) is 3.61. The summed E-state index contributed by atoms with van der Waals surface area (Å²) in [5.74, 6) is 0. The van der Waals surface area contributed by atoms with E-state index in [0.29, 0.717) is 0 Å². The summed E-state index contributed by atoms with van der Waals surface area (Å²) in [4.78, 5) is 4.62. The highest BCUT2D eigenvalue weighted by Gasteiger charge is 2.12. The van der Waals surface area contributed by atoms with Gasteiger partial charge < -0.3 is 0 Å². The van der Waals surface area contributed by atoms with E-state index in [4.69, 9.17) is 0 Å². The second-order valence-electron chi connectivity index (χ2n) is 5.07. The third-order valence-corrected chi connectivity index (χ3v) is 4.57. The highest BCUT2D eigenvalue weighted by Crippen LogP contribution is 2.33. The molecular formula is C18H14N2S. The maximum atomic E-state index is 4.62. The van der Waals surface area contributed by atoms with Crippen molar-refractivity contribution in [3.05, 3.63) is 71.9 Å². The Bertz CT molecular complexity index is 903. The monoisotopic (exact) mass is 290 g/mol. The molecule has 0 aliphatic carbocycles. The lowest BCUT2D eigenvalue weighted by Crippen LogP contribution is -1.90. The van der Waals surface area contributed by atoms with Crippen molar-refractivity contribution in [1.82, 2.24) is 9.55 Å². The molecule has 0 N–H and O–H groups in total. The Morgan fingerprint density at radius 2 is 1.71 bits per heavy atom. The zero-order valence-corrected chi connectivity index (χ0v) is 12.5. The zero-order valence-electron chi connectivity index (χ0n) is 11.7. The van der Waals surface area contributed by atoms with Crippen LogP contribution in [0.3, 0.4) is 0 Å². The number of aromatic nitrogens is 2. The van der Waals surface area contributed by atoms with Crippen LogP contribution in [-0.2, 0) is 0 Å². The number of hydrogen-bond donors (Lipinski definition) is 0. The smallest absolute Gasteiger partial charge is 0.194 e. The molecule has 0 saturated carbocycles. The molecule has 102 valence electrons. The lowest BCUT2D eigenvalue weighted by Gasteiger charge is -1.98. The molecule has 2 aromatic carbocycles. The highest BCUT2D eigenvalue weighted by molar-refractivity contribution is 7.12. The second kappa shape index (κ2) is 4.86. The van der Waals surface area contributed by atoms with Gasteiger partial charge in [-0.3, -0.25) is 4.57 Å². The van der Waals surface area contributed by atoms with Gasteiger partial charge in [-0.25, -0.2) is 4.98 Å². The average molecular weight is 290 g/mol. The lowest BCUT2D eigenvalue weighted by molar-refractivity contribution is 1.07. The molecule has 0 unspecified atom stereocenters. The summed E-state index contributed by atoms with van der Waals surface area (Å²) < 4.78 is 2.19. The molecule has 0 saturated heterocycles. The van der Waals surface area contributed by atoms with Crippen molar-refractivity contribution in [2.75, 3.05) is 0 Å². The van der Waals surface area contributed by atoms with Crippen LogP contribution in [0, 0.1) is 6.92 Å². The molecule has 2 nitrogen and oxygen atoms in total. The molecule has 21 heavy (non-hydrogen) atoms. The molecule has 0 fully saturated rings. The normalized spacial score (nSPS) is 11.1. The van der Waals surface area contributed by atoms with Gasteiger partial charge in [0.05, 0.1) is 11.2 Å². The number of rotatable bonds is 2. The Kier molecular flexibility index (Phi) is 2.86. The van der Waals surface area contributed by atoms with E-state index in [1.54, 1.807) is 11.3 Å². The standard InChI is InChI=1S/C18H14N2S/c1-13-12-21-18(19-13)20-11-16(14-7-3-2-4-8-14)15-9-5-6-10-17(15)20/h2-12H,1H3. The van der Waals surface area contributed by atoms with E-state index in [0.717, 1.165) is 10.8 Å². The van der Waals surface area contributed by atoms with Crippen molar-refractivity contribution in [2.24, 2.45) is 0 Å². The van der Waals surface area contributed by atoms with Gasteiger partial charge in [0.1, 0.15) is 0 Å². The first-order valence-electron chi connectivity index (χ1n) is 6.91. The minimum atomic E-state index is 1.02. The number of hydrogen-bond acceptors (Lipinski definition) is 2. The summed E-state index contributed by atoms with van der Waals surface area (Å²) in [6, 6.07) is 19.0. The fraction of sp³-hybridized carbons (Fsp3) is 0.0556. The first-order valence-corrected chi connectivity index (χ1v) is 7.79. The Morgan fingerprint density at radius 1 is 0.952 bits per heavy atom. The Labute approximate surface area is 127 Å². The molecule has 0 radical (unpaired) electrons. The van der Waals surface area contributed by atoms with Crippen molar-refractivity contribution in [1.29, 1.82) is 0 Å². The van der Waals surface area contributed by atoms with E-state index in [1.807, 2.05) is 13.0 Å². The minimum absolute atomic E-state index is 1.02. The second-order valence-corrected chi connectivity index (χ2v) is 5.90. The molecule has 0 aliphatic rings. The zero-order chi connectivity index (χ0) is 14.2. The van der Waals surface area contributed by atoms with Crippen LogP contribution in [0.4, 0.5) is 0 Å². The molecule has 0 atom stereocenters. The van der Waals surface area contributed by atoms with E-state index in [2.05, 4.69) is 69.7 Å². The van der Waals surface area contributed by atoms with Crippen LogP contribution in [0.2, 0.25) is 0 Å². The molecule has 2 heterocycles. The molecule has 4 rings (SSSR count). The van der Waals surface area contributed by atoms with Crippen LogP contribution in [0.5, 0.6) is 0 Å². The molecule has 2 aromatic heterocycles. The molecule has 0 spiro atoms. The van der Waals surface area contributed by atoms with Gasteiger partial charge in [0.15, 0.2) is 5.13 Å². The summed E-state index contributed by atoms with van der Waals surface area (Å²) in [7, 11) is 0. The van der Waals surface area contributed by atoms with E-state index in [1.165, 1.54) is 22.0 Å². The summed E-state index contributed by atoms with van der Waals surface area (Å²) >= 11 is 1.68. The van der Waals surface area contributed by atoms with Crippen molar-refractivity contribution >= 4 is 22.2 Å². The summed E-state index contributed by atoms with van der Waals surface area (Å²) in [5.41, 5.74) is 4.75. The van der Waals surface area contributed by atoms with Crippen molar-refractivity contribution in [3.63, 3.8) is 0 Å². The van der Waals surface area contributed by atoms with Gasteiger partial charge in [-0.1, -0.05) is 48.5 Å². The first-order chi connectivity index (χ1) is 10.3. The molecular weight excluding hydrogens is 276 g/mol. The van der Waals surface area contributed by atoms with Crippen molar-refractivity contribution in [3.8, 4) is 16.3 Å². The first kappa shape index (κ1) is 12.4.